The van der Waals surface area contributed by atoms with Crippen LogP contribution in [0.25, 0.3) is 10.8 Å². The molecule has 1 aliphatic carbocycles. The Morgan fingerprint density at radius 1 is 1.06 bits per heavy atom. The monoisotopic (exact) mass is 456 g/mol. The number of hydrogen-bond donors (Lipinski definition) is 1. The van der Waals surface area contributed by atoms with Gasteiger partial charge in [0.15, 0.2) is 5.78 Å². The second-order valence-electron chi connectivity index (χ2n) is 7.43. The summed E-state index contributed by atoms with van der Waals surface area (Å²) >= 11 is 0. The first-order valence-electron chi connectivity index (χ1n) is 9.70. The number of ketones is 1. The van der Waals surface area contributed by atoms with Crippen LogP contribution in [0.5, 0.6) is 5.75 Å². The van der Waals surface area contributed by atoms with Gasteiger partial charge in [0.25, 0.3) is 0 Å². The molecule has 0 saturated carbocycles. The molecule has 0 spiro atoms. The molecule has 6 nitrogen and oxygen atoms in total. The van der Waals surface area contributed by atoms with Gasteiger partial charge in [-0.15, -0.1) is 0 Å². The van der Waals surface area contributed by atoms with Crippen molar-refractivity contribution in [2.45, 2.75) is 29.6 Å². The molecule has 0 aliphatic heterocycles. The van der Waals surface area contributed by atoms with Crippen molar-refractivity contribution in [3.63, 3.8) is 0 Å². The molecule has 8 heteroatoms. The quantitative estimate of drug-likeness (QED) is 0.451. The summed E-state index contributed by atoms with van der Waals surface area (Å²) in [7, 11) is -3.09. The van der Waals surface area contributed by atoms with E-state index in [0.29, 0.717) is 38.4 Å². The van der Waals surface area contributed by atoms with Crippen molar-refractivity contribution < 1.29 is 27.9 Å². The van der Waals surface area contributed by atoms with Crippen LogP contribution < -0.4 is 0 Å². The zero-order valence-corrected chi connectivity index (χ0v) is 18.3. The van der Waals surface area contributed by atoms with Crippen molar-refractivity contribution in [2.75, 3.05) is 6.61 Å². The fraction of sp³-hybridized carbons (Fsp3) is 0.217. The van der Waals surface area contributed by atoms with Crippen LogP contribution in [-0.4, -0.2) is 31.9 Å². The summed E-state index contributed by atoms with van der Waals surface area (Å²) < 4.78 is 31.4. The van der Waals surface area contributed by atoms with Gasteiger partial charge in [-0.3, -0.25) is 9.59 Å². The average molecular weight is 457 g/mol. The van der Waals surface area contributed by atoms with Gasteiger partial charge in [0, 0.05) is 45.7 Å². The molecular formula is C23H20O6S2. The van der Waals surface area contributed by atoms with Crippen molar-refractivity contribution in [3.8, 4) is 5.75 Å². The van der Waals surface area contributed by atoms with Crippen LogP contribution in [0.1, 0.15) is 29.3 Å². The number of ether oxygens (including phenoxy) is 1. The molecule has 1 atom stereocenters. The van der Waals surface area contributed by atoms with Crippen LogP contribution in [0.2, 0.25) is 0 Å². The van der Waals surface area contributed by atoms with Crippen molar-refractivity contribution in [3.05, 3.63) is 65.7 Å². The number of esters is 1. The Morgan fingerprint density at radius 3 is 2.39 bits per heavy atom. The van der Waals surface area contributed by atoms with Crippen LogP contribution in [-0.2, 0) is 24.8 Å². The van der Waals surface area contributed by atoms with Crippen LogP contribution >= 0.6 is 10.8 Å². The largest absolute Gasteiger partial charge is 0.507 e. The van der Waals surface area contributed by atoms with Crippen LogP contribution in [0.15, 0.2) is 64.4 Å². The lowest BCUT2D eigenvalue weighted by Crippen LogP contribution is -2.25. The van der Waals surface area contributed by atoms with Gasteiger partial charge in [-0.1, -0.05) is 42.5 Å². The first-order valence-corrected chi connectivity index (χ1v) is 12.5. The molecule has 1 aliphatic rings. The molecule has 1 N–H and O–H groups in total. The number of carbonyl (C=O) groups excluding carboxylic acids is 2. The van der Waals surface area contributed by atoms with Crippen molar-refractivity contribution in [1.82, 2.24) is 0 Å². The number of phenols is 1. The van der Waals surface area contributed by atoms with Crippen molar-refractivity contribution >= 4 is 42.2 Å². The third-order valence-electron chi connectivity index (χ3n) is 5.23. The third kappa shape index (κ3) is 4.18. The summed E-state index contributed by atoms with van der Waals surface area (Å²) in [6.45, 7) is 1.36. The molecule has 1 unspecified atom stereocenters. The molecule has 0 saturated heterocycles. The van der Waals surface area contributed by atoms with Gasteiger partial charge in [0.2, 0.25) is 8.87 Å². The third-order valence-corrected chi connectivity index (χ3v) is 8.67. The fourth-order valence-electron chi connectivity index (χ4n) is 3.85. The Kier molecular flexibility index (Phi) is 5.77. The highest BCUT2D eigenvalue weighted by molar-refractivity contribution is 8.72. The summed E-state index contributed by atoms with van der Waals surface area (Å²) in [5.74, 6) is -1.16. The number of hydrogen-bond acceptors (Lipinski definition) is 7. The molecule has 0 amide bonds. The predicted octanol–water partition coefficient (Wildman–Crippen LogP) is 4.33. The van der Waals surface area contributed by atoms with E-state index in [-0.39, 0.29) is 40.9 Å². The lowest BCUT2D eigenvalue weighted by molar-refractivity contribution is -0.142. The molecule has 0 aromatic heterocycles. The van der Waals surface area contributed by atoms with E-state index in [2.05, 4.69) is 0 Å². The smallest absolute Gasteiger partial charge is 0.302 e. The normalized spacial score (nSPS) is 16.2. The van der Waals surface area contributed by atoms with E-state index in [1.165, 1.54) is 19.1 Å². The minimum absolute atomic E-state index is 0.0592. The number of fused-ring (bicyclic) bond motifs is 2. The average Bonchev–Trinajstić information content (AvgIpc) is 2.75. The number of aromatic hydroxyl groups is 1. The van der Waals surface area contributed by atoms with Gasteiger partial charge in [0.05, 0.1) is 17.1 Å². The van der Waals surface area contributed by atoms with Crippen LogP contribution in [0.4, 0.5) is 0 Å². The van der Waals surface area contributed by atoms with E-state index in [1.54, 1.807) is 42.5 Å². The summed E-state index contributed by atoms with van der Waals surface area (Å²) in [6.07, 6.45) is 0.432. The van der Waals surface area contributed by atoms with Crippen molar-refractivity contribution in [2.24, 2.45) is 5.92 Å². The first-order chi connectivity index (χ1) is 14.8. The van der Waals surface area contributed by atoms with Gasteiger partial charge >= 0.3 is 5.97 Å². The highest BCUT2D eigenvalue weighted by atomic mass is 33.1. The molecule has 0 radical (unpaired) electrons. The number of Topliss-reactive ketones (excluding diaryl/α,β-unsaturated/α-hetero) is 1. The van der Waals surface area contributed by atoms with Gasteiger partial charge in [-0.2, -0.15) is 0 Å². The summed E-state index contributed by atoms with van der Waals surface area (Å²) in [5.41, 5.74) is 0.637. The number of carbonyl (C=O) groups is 2. The Hall–Kier alpha value is -2.84. The predicted molar refractivity (Wildman–Crippen MR) is 118 cm³/mol. The molecule has 3 aromatic carbocycles. The summed E-state index contributed by atoms with van der Waals surface area (Å²) in [4.78, 5) is 24.7. The van der Waals surface area contributed by atoms with Gasteiger partial charge in [0.1, 0.15) is 5.75 Å². The number of benzene rings is 3. The Bertz CT molecular complexity index is 1280. The minimum Gasteiger partial charge on any atom is -0.507 e. The van der Waals surface area contributed by atoms with E-state index in [4.69, 9.17) is 4.74 Å². The molecule has 0 fully saturated rings. The second-order valence-corrected chi connectivity index (χ2v) is 11.2. The Labute approximate surface area is 183 Å². The summed E-state index contributed by atoms with van der Waals surface area (Å²) in [5, 5.41) is 11.8. The molecule has 160 valence electrons. The van der Waals surface area contributed by atoms with Crippen molar-refractivity contribution in [1.29, 1.82) is 0 Å². The number of rotatable bonds is 5. The molecule has 0 bridgehead atoms. The van der Waals surface area contributed by atoms with E-state index >= 15 is 0 Å². The van der Waals surface area contributed by atoms with Gasteiger partial charge in [-0.25, -0.2) is 8.42 Å². The van der Waals surface area contributed by atoms with Gasteiger partial charge in [-0.05, 0) is 24.1 Å². The molecule has 31 heavy (non-hydrogen) atoms. The highest BCUT2D eigenvalue weighted by Crippen LogP contribution is 2.46. The van der Waals surface area contributed by atoms with E-state index in [0.717, 1.165) is 0 Å². The maximum atomic E-state index is 13.1. The zero-order chi connectivity index (χ0) is 22.2. The molecular weight excluding hydrogens is 436 g/mol. The first kappa shape index (κ1) is 21.4. The van der Waals surface area contributed by atoms with Crippen LogP contribution in [0, 0.1) is 5.92 Å². The lowest BCUT2D eigenvalue weighted by atomic mass is 9.81. The van der Waals surface area contributed by atoms with E-state index in [9.17, 15) is 23.1 Å². The topological polar surface area (TPSA) is 97.7 Å². The number of phenolic OH excluding ortho intramolecular Hbond substituents is 1. The highest BCUT2D eigenvalue weighted by Gasteiger charge is 2.34. The zero-order valence-electron chi connectivity index (χ0n) is 16.7. The molecule has 4 rings (SSSR count). The van der Waals surface area contributed by atoms with Gasteiger partial charge < -0.3 is 9.84 Å². The van der Waals surface area contributed by atoms with E-state index in [1.807, 2.05) is 0 Å². The molecule has 0 heterocycles. The fourth-order valence-corrected chi connectivity index (χ4v) is 7.07. The van der Waals surface area contributed by atoms with Crippen LogP contribution in [0.3, 0.4) is 0 Å². The second kappa shape index (κ2) is 8.36. The van der Waals surface area contributed by atoms with E-state index < -0.39 is 14.8 Å². The Balaban J connectivity index is 1.88. The lowest BCUT2D eigenvalue weighted by Gasteiger charge is -2.27. The standard InChI is InChI=1S/C23H20O6S2/c1-14(24)29-13-15-11-19-21(20(25)12-15)22(26)17-9-5-6-10-18(17)23(19)30-31(27,28)16-7-3-2-4-8-16/h2-10,15,26H,11-13H2,1H3. The SMILES string of the molecule is CC(=O)OCC1CC(=O)c2c(c(SS(=O)(=O)c3ccccc3)c3ccccc3c2O)C1. The summed E-state index contributed by atoms with van der Waals surface area (Å²) in [6, 6.07) is 15.0. The maximum Gasteiger partial charge on any atom is 0.302 e. The maximum absolute atomic E-state index is 13.1. The minimum atomic E-state index is -3.77. The Morgan fingerprint density at radius 2 is 1.71 bits per heavy atom. The molecule has 3 aromatic rings.